The predicted molar refractivity (Wildman–Crippen MR) is 77.5 cm³/mol. The summed E-state index contributed by atoms with van der Waals surface area (Å²) in [6.07, 6.45) is 10.4. The van der Waals surface area contributed by atoms with E-state index in [1.165, 1.54) is 45.1 Å². The van der Waals surface area contributed by atoms with E-state index >= 15 is 0 Å². The van der Waals surface area contributed by atoms with Gasteiger partial charge in [-0.2, -0.15) is 0 Å². The third-order valence-electron chi connectivity index (χ3n) is 5.94. The van der Waals surface area contributed by atoms with Crippen molar-refractivity contribution in [3.63, 3.8) is 0 Å². The minimum absolute atomic E-state index is 0.560. The van der Waals surface area contributed by atoms with E-state index in [9.17, 15) is 0 Å². The largest absolute Gasteiger partial charge is 0.314 e. The first kappa shape index (κ1) is 13.0. The highest BCUT2D eigenvalue weighted by atomic mass is 14.9. The summed E-state index contributed by atoms with van der Waals surface area (Å²) in [5, 5.41) is 3.93. The zero-order valence-electron chi connectivity index (χ0n) is 12.5. The molecule has 0 aromatic carbocycles. The van der Waals surface area contributed by atoms with Crippen LogP contribution in [0.2, 0.25) is 0 Å². The Kier molecular flexibility index (Phi) is 3.47. The summed E-state index contributed by atoms with van der Waals surface area (Å²) in [6, 6.07) is 0.794. The molecule has 18 heavy (non-hydrogen) atoms. The maximum absolute atomic E-state index is 3.93. The topological polar surface area (TPSA) is 12.0 Å². The maximum Gasteiger partial charge on any atom is 0.00748 e. The summed E-state index contributed by atoms with van der Waals surface area (Å²) in [5.74, 6) is 4.11. The first-order chi connectivity index (χ1) is 8.52. The van der Waals surface area contributed by atoms with Gasteiger partial charge in [-0.15, -0.1) is 0 Å². The van der Waals surface area contributed by atoms with E-state index in [4.69, 9.17) is 0 Å². The molecule has 104 valence electrons. The van der Waals surface area contributed by atoms with Crippen LogP contribution in [0, 0.1) is 29.1 Å². The molecule has 0 radical (unpaired) electrons. The van der Waals surface area contributed by atoms with Crippen molar-refractivity contribution in [3.05, 3.63) is 0 Å². The molecule has 3 aliphatic carbocycles. The summed E-state index contributed by atoms with van der Waals surface area (Å²) in [4.78, 5) is 0. The van der Waals surface area contributed by atoms with Gasteiger partial charge in [0.15, 0.2) is 0 Å². The van der Waals surface area contributed by atoms with E-state index in [1.807, 2.05) is 0 Å². The molecule has 0 aromatic heterocycles. The van der Waals surface area contributed by atoms with E-state index < -0.39 is 0 Å². The molecule has 0 aliphatic heterocycles. The monoisotopic (exact) mass is 249 g/mol. The Labute approximate surface area is 113 Å². The number of fused-ring (bicyclic) bond motifs is 2. The van der Waals surface area contributed by atoms with Gasteiger partial charge < -0.3 is 5.32 Å². The molecule has 1 N–H and O–H groups in total. The summed E-state index contributed by atoms with van der Waals surface area (Å²) < 4.78 is 0. The summed E-state index contributed by atoms with van der Waals surface area (Å²) in [6.45, 7) is 8.66. The van der Waals surface area contributed by atoms with Crippen molar-refractivity contribution in [3.8, 4) is 0 Å². The van der Waals surface area contributed by atoms with Crippen LogP contribution in [0.3, 0.4) is 0 Å². The van der Waals surface area contributed by atoms with E-state index in [1.54, 1.807) is 6.42 Å². The lowest BCUT2D eigenvalue weighted by molar-refractivity contribution is 0.145. The quantitative estimate of drug-likeness (QED) is 0.789. The van der Waals surface area contributed by atoms with Gasteiger partial charge in [0.2, 0.25) is 0 Å². The highest BCUT2D eigenvalue weighted by Crippen LogP contribution is 2.48. The van der Waals surface area contributed by atoms with Crippen molar-refractivity contribution >= 4 is 0 Å². The predicted octanol–water partition coefficient (Wildman–Crippen LogP) is 4.23. The second-order valence-corrected chi connectivity index (χ2v) is 8.45. The standard InChI is InChI=1S/C17H31N/c1-12-6-16(10-17(2,3)9-12)18-11-15-8-13-4-5-14(15)7-13/h12-16,18H,4-11H2,1-3H3. The second-order valence-electron chi connectivity index (χ2n) is 8.45. The third kappa shape index (κ3) is 2.76. The van der Waals surface area contributed by atoms with Gasteiger partial charge in [0.25, 0.3) is 0 Å². The summed E-state index contributed by atoms with van der Waals surface area (Å²) in [5.41, 5.74) is 0.560. The van der Waals surface area contributed by atoms with Crippen LogP contribution in [-0.2, 0) is 0 Å². The second kappa shape index (κ2) is 4.81. The number of nitrogens with one attached hydrogen (secondary N) is 1. The van der Waals surface area contributed by atoms with Crippen LogP contribution in [0.5, 0.6) is 0 Å². The lowest BCUT2D eigenvalue weighted by atomic mass is 9.70. The number of rotatable bonds is 3. The van der Waals surface area contributed by atoms with Crippen molar-refractivity contribution in [2.75, 3.05) is 6.54 Å². The van der Waals surface area contributed by atoms with Crippen molar-refractivity contribution in [1.29, 1.82) is 0 Å². The van der Waals surface area contributed by atoms with Gasteiger partial charge in [-0.05, 0) is 74.2 Å². The Balaban J connectivity index is 1.48. The normalized spacial score (nSPS) is 46.5. The highest BCUT2D eigenvalue weighted by Gasteiger charge is 2.40. The first-order valence-corrected chi connectivity index (χ1v) is 8.25. The summed E-state index contributed by atoms with van der Waals surface area (Å²) >= 11 is 0. The first-order valence-electron chi connectivity index (χ1n) is 8.25. The van der Waals surface area contributed by atoms with Gasteiger partial charge in [-0.1, -0.05) is 27.2 Å². The van der Waals surface area contributed by atoms with Gasteiger partial charge in [0, 0.05) is 6.04 Å². The smallest absolute Gasteiger partial charge is 0.00748 e. The molecule has 5 atom stereocenters. The van der Waals surface area contributed by atoms with Gasteiger partial charge in [-0.3, -0.25) is 0 Å². The van der Waals surface area contributed by atoms with Gasteiger partial charge in [0.1, 0.15) is 0 Å². The molecule has 1 nitrogen and oxygen atoms in total. The Morgan fingerprint density at radius 1 is 1.06 bits per heavy atom. The molecule has 3 saturated carbocycles. The molecular formula is C17H31N. The van der Waals surface area contributed by atoms with Crippen LogP contribution >= 0.6 is 0 Å². The van der Waals surface area contributed by atoms with Crippen LogP contribution in [0.1, 0.15) is 65.7 Å². The van der Waals surface area contributed by atoms with Crippen molar-refractivity contribution in [2.45, 2.75) is 71.8 Å². The molecule has 3 fully saturated rings. The van der Waals surface area contributed by atoms with E-state index in [0.717, 1.165) is 29.7 Å². The van der Waals surface area contributed by atoms with Crippen LogP contribution in [0.25, 0.3) is 0 Å². The molecule has 0 amide bonds. The molecule has 0 aromatic rings. The average Bonchev–Trinajstić information content (AvgIpc) is 2.85. The molecule has 3 aliphatic rings. The molecule has 2 bridgehead atoms. The fraction of sp³-hybridized carbons (Fsp3) is 1.00. The average molecular weight is 249 g/mol. The minimum atomic E-state index is 0.560. The molecule has 0 spiro atoms. The van der Waals surface area contributed by atoms with E-state index in [0.29, 0.717) is 5.41 Å². The SMILES string of the molecule is CC1CC(NCC2CC3CCC2C3)CC(C)(C)C1. The van der Waals surface area contributed by atoms with E-state index in [-0.39, 0.29) is 0 Å². The highest BCUT2D eigenvalue weighted by molar-refractivity contribution is 4.92. The van der Waals surface area contributed by atoms with E-state index in [2.05, 4.69) is 26.1 Å². The van der Waals surface area contributed by atoms with Crippen LogP contribution in [-0.4, -0.2) is 12.6 Å². The maximum atomic E-state index is 3.93. The van der Waals surface area contributed by atoms with Crippen molar-refractivity contribution in [2.24, 2.45) is 29.1 Å². The fourth-order valence-electron chi connectivity index (χ4n) is 5.45. The molecule has 0 saturated heterocycles. The Hall–Kier alpha value is -0.0400. The van der Waals surface area contributed by atoms with Crippen molar-refractivity contribution in [1.82, 2.24) is 5.32 Å². The molecular weight excluding hydrogens is 218 g/mol. The molecule has 0 heterocycles. The minimum Gasteiger partial charge on any atom is -0.314 e. The number of hydrogen-bond donors (Lipinski definition) is 1. The lowest BCUT2D eigenvalue weighted by Gasteiger charge is -2.40. The number of hydrogen-bond acceptors (Lipinski definition) is 1. The molecule has 1 heteroatoms. The Morgan fingerprint density at radius 2 is 1.89 bits per heavy atom. The molecule has 5 unspecified atom stereocenters. The van der Waals surface area contributed by atoms with Gasteiger partial charge in [0.05, 0.1) is 0 Å². The zero-order valence-corrected chi connectivity index (χ0v) is 12.5. The summed E-state index contributed by atoms with van der Waals surface area (Å²) in [7, 11) is 0. The van der Waals surface area contributed by atoms with Crippen LogP contribution in [0.4, 0.5) is 0 Å². The van der Waals surface area contributed by atoms with Gasteiger partial charge in [-0.25, -0.2) is 0 Å². The van der Waals surface area contributed by atoms with Gasteiger partial charge >= 0.3 is 0 Å². The zero-order chi connectivity index (χ0) is 12.8. The Bertz CT molecular complexity index is 296. The third-order valence-corrected chi connectivity index (χ3v) is 5.94. The van der Waals surface area contributed by atoms with Crippen LogP contribution in [0.15, 0.2) is 0 Å². The van der Waals surface area contributed by atoms with Crippen molar-refractivity contribution < 1.29 is 0 Å². The molecule has 3 rings (SSSR count). The van der Waals surface area contributed by atoms with Crippen LogP contribution < -0.4 is 5.32 Å². The fourth-order valence-corrected chi connectivity index (χ4v) is 5.45. The lowest BCUT2D eigenvalue weighted by Crippen LogP contribution is -2.42. The Morgan fingerprint density at radius 3 is 2.50 bits per heavy atom.